The fraction of sp³-hybridized carbons (Fsp3) is 0.133. The van der Waals surface area contributed by atoms with Gasteiger partial charge in [-0.15, -0.1) is 0 Å². The van der Waals surface area contributed by atoms with Crippen LogP contribution in [0.3, 0.4) is 0 Å². The Morgan fingerprint density at radius 2 is 1.61 bits per heavy atom. The van der Waals surface area contributed by atoms with Gasteiger partial charge in [-0.1, -0.05) is 25.1 Å². The molecular weight excluding hydrogens is 228 g/mol. The highest BCUT2D eigenvalue weighted by atomic mass is 16.5. The highest BCUT2D eigenvalue weighted by Gasteiger charge is 2.07. The van der Waals surface area contributed by atoms with Crippen molar-refractivity contribution in [3.8, 4) is 11.5 Å². The van der Waals surface area contributed by atoms with E-state index in [1.165, 1.54) is 24.3 Å². The number of phenolic OH excluding ortho intramolecular Hbond substituents is 1. The molecule has 0 bridgehead atoms. The van der Waals surface area contributed by atoms with E-state index in [0.717, 1.165) is 5.56 Å². The van der Waals surface area contributed by atoms with E-state index in [2.05, 4.69) is 0 Å². The van der Waals surface area contributed by atoms with Crippen molar-refractivity contribution in [3.63, 3.8) is 0 Å². The number of carbonyl (C=O) groups is 1. The number of esters is 1. The van der Waals surface area contributed by atoms with Gasteiger partial charge in [0.2, 0.25) is 0 Å². The lowest BCUT2D eigenvalue weighted by Gasteiger charge is -2.04. The molecule has 3 heteroatoms. The van der Waals surface area contributed by atoms with E-state index >= 15 is 0 Å². The van der Waals surface area contributed by atoms with Crippen LogP contribution in [0.4, 0.5) is 0 Å². The smallest absolute Gasteiger partial charge is 0.343 e. The number of hydrogen-bond donors (Lipinski definition) is 1. The summed E-state index contributed by atoms with van der Waals surface area (Å²) in [5.41, 5.74) is 1.51. The van der Waals surface area contributed by atoms with E-state index < -0.39 is 5.97 Å². The molecule has 0 aromatic heterocycles. The topological polar surface area (TPSA) is 46.5 Å². The molecule has 2 rings (SSSR count). The van der Waals surface area contributed by atoms with Crippen LogP contribution in [0, 0.1) is 6.92 Å². The van der Waals surface area contributed by atoms with Crippen molar-refractivity contribution in [1.29, 1.82) is 0 Å². The summed E-state index contributed by atoms with van der Waals surface area (Å²) in [5.74, 6) is 0.194. The van der Waals surface area contributed by atoms with Crippen molar-refractivity contribution in [1.82, 2.24) is 0 Å². The summed E-state index contributed by atoms with van der Waals surface area (Å²) in [6, 6.07) is 13.2. The summed E-state index contributed by atoms with van der Waals surface area (Å²) in [5, 5.41) is 9.11. The van der Waals surface area contributed by atoms with Gasteiger partial charge in [-0.2, -0.15) is 0 Å². The lowest BCUT2D eigenvalue weighted by atomic mass is 10.2. The maximum absolute atomic E-state index is 11.7. The first-order valence-corrected chi connectivity index (χ1v) is 5.23. The van der Waals surface area contributed by atoms with E-state index in [1.54, 1.807) is 12.1 Å². The SMILES string of the molecule is C.Cc1ccc(OC(=O)c2ccc(O)cc2)cc1.[HH]. The Balaban J connectivity index is 0.00000162. The largest absolute Gasteiger partial charge is 0.508 e. The summed E-state index contributed by atoms with van der Waals surface area (Å²) in [6.07, 6.45) is 0. The van der Waals surface area contributed by atoms with Crippen molar-refractivity contribution in [2.45, 2.75) is 14.4 Å². The minimum atomic E-state index is -0.436. The molecule has 0 heterocycles. The van der Waals surface area contributed by atoms with Gasteiger partial charge in [0.25, 0.3) is 0 Å². The Kier molecular flexibility index (Phi) is 4.49. The van der Waals surface area contributed by atoms with Gasteiger partial charge in [0, 0.05) is 1.43 Å². The van der Waals surface area contributed by atoms with Crippen LogP contribution in [0.25, 0.3) is 0 Å². The van der Waals surface area contributed by atoms with E-state index in [0.29, 0.717) is 11.3 Å². The Bertz CT molecular complexity index is 518. The van der Waals surface area contributed by atoms with Gasteiger partial charge in [-0.05, 0) is 43.3 Å². The average Bonchev–Trinajstić information content (AvgIpc) is 2.33. The number of aryl methyl sites for hydroxylation is 1. The second kappa shape index (κ2) is 5.87. The molecular formula is C15H18O3. The highest BCUT2D eigenvalue weighted by molar-refractivity contribution is 5.91. The summed E-state index contributed by atoms with van der Waals surface area (Å²) >= 11 is 0. The summed E-state index contributed by atoms with van der Waals surface area (Å²) < 4.78 is 5.17. The molecule has 96 valence electrons. The van der Waals surface area contributed by atoms with Crippen LogP contribution in [0.2, 0.25) is 0 Å². The molecule has 0 unspecified atom stereocenters. The number of phenols is 1. The average molecular weight is 246 g/mol. The predicted octanol–water partition coefficient (Wildman–Crippen LogP) is 3.80. The van der Waals surface area contributed by atoms with Gasteiger partial charge in [0.1, 0.15) is 11.5 Å². The normalized spacial score (nSPS) is 9.39. The molecule has 2 aromatic carbocycles. The number of aromatic hydroxyl groups is 1. The van der Waals surface area contributed by atoms with Crippen LogP contribution >= 0.6 is 0 Å². The van der Waals surface area contributed by atoms with Crippen LogP contribution in [0.1, 0.15) is 24.8 Å². The molecule has 2 aromatic rings. The van der Waals surface area contributed by atoms with Gasteiger partial charge < -0.3 is 9.84 Å². The van der Waals surface area contributed by atoms with E-state index in [9.17, 15) is 4.79 Å². The van der Waals surface area contributed by atoms with E-state index in [1.807, 2.05) is 19.1 Å². The van der Waals surface area contributed by atoms with Crippen molar-refractivity contribution >= 4 is 5.97 Å². The van der Waals surface area contributed by atoms with Crippen LogP contribution in [-0.2, 0) is 0 Å². The van der Waals surface area contributed by atoms with Crippen molar-refractivity contribution in [3.05, 3.63) is 59.7 Å². The maximum Gasteiger partial charge on any atom is 0.343 e. The van der Waals surface area contributed by atoms with Crippen molar-refractivity contribution in [2.75, 3.05) is 0 Å². The van der Waals surface area contributed by atoms with Gasteiger partial charge >= 0.3 is 5.97 Å². The first-order chi connectivity index (χ1) is 8.15. The molecule has 3 nitrogen and oxygen atoms in total. The van der Waals surface area contributed by atoms with Gasteiger partial charge in [0.15, 0.2) is 0 Å². The quantitative estimate of drug-likeness (QED) is 0.647. The monoisotopic (exact) mass is 246 g/mol. The molecule has 0 amide bonds. The Morgan fingerprint density at radius 1 is 1.06 bits per heavy atom. The molecule has 0 spiro atoms. The Hall–Kier alpha value is -2.29. The molecule has 0 atom stereocenters. The number of ether oxygens (including phenoxy) is 1. The molecule has 0 saturated carbocycles. The van der Waals surface area contributed by atoms with E-state index in [-0.39, 0.29) is 14.6 Å². The maximum atomic E-state index is 11.7. The molecule has 0 fully saturated rings. The van der Waals surface area contributed by atoms with Crippen LogP contribution in [0.5, 0.6) is 11.5 Å². The number of rotatable bonds is 2. The van der Waals surface area contributed by atoms with Gasteiger partial charge in [-0.25, -0.2) is 4.79 Å². The first kappa shape index (κ1) is 13.8. The van der Waals surface area contributed by atoms with Crippen molar-refractivity contribution in [2.24, 2.45) is 0 Å². The number of hydrogen-bond acceptors (Lipinski definition) is 3. The lowest BCUT2D eigenvalue weighted by molar-refractivity contribution is 0.0734. The third kappa shape index (κ3) is 3.35. The molecule has 0 saturated heterocycles. The minimum absolute atomic E-state index is 0. The lowest BCUT2D eigenvalue weighted by Crippen LogP contribution is -2.07. The third-order valence-electron chi connectivity index (χ3n) is 2.33. The Labute approximate surface area is 108 Å². The third-order valence-corrected chi connectivity index (χ3v) is 2.33. The number of carbonyl (C=O) groups excluding carboxylic acids is 1. The van der Waals surface area contributed by atoms with Gasteiger partial charge in [-0.3, -0.25) is 0 Å². The minimum Gasteiger partial charge on any atom is -0.508 e. The zero-order valence-electron chi connectivity index (χ0n) is 9.38. The second-order valence-corrected chi connectivity index (χ2v) is 3.75. The molecule has 0 aliphatic heterocycles. The summed E-state index contributed by atoms with van der Waals surface area (Å²) in [6.45, 7) is 1.96. The van der Waals surface area contributed by atoms with Gasteiger partial charge in [0.05, 0.1) is 5.56 Å². The Morgan fingerprint density at radius 3 is 2.17 bits per heavy atom. The fourth-order valence-electron chi connectivity index (χ4n) is 1.37. The fourth-order valence-corrected chi connectivity index (χ4v) is 1.37. The molecule has 0 aliphatic carbocycles. The highest BCUT2D eigenvalue weighted by Crippen LogP contribution is 2.15. The summed E-state index contributed by atoms with van der Waals surface area (Å²) in [7, 11) is 0. The van der Waals surface area contributed by atoms with Crippen LogP contribution in [0.15, 0.2) is 48.5 Å². The molecule has 0 aliphatic rings. The van der Waals surface area contributed by atoms with Crippen LogP contribution < -0.4 is 4.74 Å². The molecule has 1 N–H and O–H groups in total. The standard InChI is InChI=1S/C14H12O3.CH4.H2/c1-10-2-8-13(9-3-10)17-14(16)11-4-6-12(15)7-5-11;;/h2-9,15H,1H3;1H4;1H. The zero-order chi connectivity index (χ0) is 12.3. The molecule has 18 heavy (non-hydrogen) atoms. The predicted molar refractivity (Wildman–Crippen MR) is 73.1 cm³/mol. The zero-order valence-corrected chi connectivity index (χ0v) is 9.38. The summed E-state index contributed by atoms with van der Waals surface area (Å²) in [4.78, 5) is 11.7. The van der Waals surface area contributed by atoms with E-state index in [4.69, 9.17) is 9.84 Å². The van der Waals surface area contributed by atoms with Crippen LogP contribution in [-0.4, -0.2) is 11.1 Å². The second-order valence-electron chi connectivity index (χ2n) is 3.75. The number of benzene rings is 2. The van der Waals surface area contributed by atoms with Crippen molar-refractivity contribution < 1.29 is 16.1 Å². The first-order valence-electron chi connectivity index (χ1n) is 5.23. The molecule has 0 radical (unpaired) electrons.